The van der Waals surface area contributed by atoms with Gasteiger partial charge in [-0.05, 0) is 6.42 Å². The highest BCUT2D eigenvalue weighted by Crippen LogP contribution is 2.20. The van der Waals surface area contributed by atoms with E-state index >= 15 is 0 Å². The smallest absolute Gasteiger partial charge is 0.0695 e. The first kappa shape index (κ1) is 6.49. The zero-order valence-corrected chi connectivity index (χ0v) is 5.65. The Balaban J connectivity index is 2.88. The molecule has 0 fully saturated rings. The molecule has 0 bridgehead atoms. The molecular weight excluding hydrogens is 136 g/mol. The molecule has 1 aliphatic carbocycles. The molecule has 1 radical (unpaired) electrons. The summed E-state index contributed by atoms with van der Waals surface area (Å²) in [6.07, 6.45) is 4.44. The average molecular weight is 144 g/mol. The SMILES string of the molecule is NC1=CC[CH]C(Cl)=C1N. The van der Waals surface area contributed by atoms with Crippen LogP contribution in [0.1, 0.15) is 6.42 Å². The minimum atomic E-state index is 0.489. The quantitative estimate of drug-likeness (QED) is 0.528. The Morgan fingerprint density at radius 3 is 2.56 bits per heavy atom. The number of rotatable bonds is 0. The van der Waals surface area contributed by atoms with Crippen molar-refractivity contribution in [1.82, 2.24) is 0 Å². The van der Waals surface area contributed by atoms with E-state index in [-0.39, 0.29) is 0 Å². The molecule has 0 aliphatic heterocycles. The third kappa shape index (κ3) is 1.19. The Bertz CT molecular complexity index is 181. The van der Waals surface area contributed by atoms with Crippen LogP contribution in [-0.2, 0) is 0 Å². The number of hydrogen-bond acceptors (Lipinski definition) is 2. The van der Waals surface area contributed by atoms with Crippen LogP contribution in [0.4, 0.5) is 0 Å². The van der Waals surface area contributed by atoms with Crippen molar-refractivity contribution in [2.24, 2.45) is 11.5 Å². The lowest BCUT2D eigenvalue weighted by Gasteiger charge is -2.09. The van der Waals surface area contributed by atoms with Gasteiger partial charge in [0.25, 0.3) is 0 Å². The molecule has 0 aromatic rings. The summed E-state index contributed by atoms with van der Waals surface area (Å²) in [5, 5.41) is 0.565. The monoisotopic (exact) mass is 143 g/mol. The van der Waals surface area contributed by atoms with E-state index in [9.17, 15) is 0 Å². The summed E-state index contributed by atoms with van der Waals surface area (Å²) in [5.41, 5.74) is 12.0. The third-order valence-corrected chi connectivity index (χ3v) is 1.56. The fourth-order valence-corrected chi connectivity index (χ4v) is 0.845. The van der Waals surface area contributed by atoms with Crippen LogP contribution >= 0.6 is 11.6 Å². The van der Waals surface area contributed by atoms with Gasteiger partial charge in [-0.25, -0.2) is 0 Å². The fraction of sp³-hybridized carbons (Fsp3) is 0.167. The third-order valence-electron chi connectivity index (χ3n) is 1.20. The Morgan fingerprint density at radius 2 is 2.11 bits per heavy atom. The van der Waals surface area contributed by atoms with Gasteiger partial charge in [0.05, 0.1) is 11.4 Å². The van der Waals surface area contributed by atoms with Gasteiger partial charge in [-0.15, -0.1) is 0 Å². The van der Waals surface area contributed by atoms with Gasteiger partial charge >= 0.3 is 0 Å². The highest BCUT2D eigenvalue weighted by Gasteiger charge is 2.07. The molecule has 1 aliphatic rings. The molecule has 2 nitrogen and oxygen atoms in total. The Kier molecular flexibility index (Phi) is 1.67. The average Bonchev–Trinajstić information content (AvgIpc) is 1.83. The van der Waals surface area contributed by atoms with Gasteiger partial charge < -0.3 is 11.5 Å². The molecule has 0 spiro atoms. The first-order valence-corrected chi connectivity index (χ1v) is 3.04. The number of allylic oxidation sites excluding steroid dienone is 2. The van der Waals surface area contributed by atoms with Crippen LogP contribution in [0.15, 0.2) is 22.5 Å². The predicted molar refractivity (Wildman–Crippen MR) is 38.3 cm³/mol. The molecule has 0 unspecified atom stereocenters. The Labute approximate surface area is 59.2 Å². The molecule has 1 rings (SSSR count). The highest BCUT2D eigenvalue weighted by atomic mass is 35.5. The first-order chi connectivity index (χ1) is 4.22. The minimum Gasteiger partial charge on any atom is -0.397 e. The number of nitrogens with two attached hydrogens (primary N) is 2. The maximum atomic E-state index is 5.64. The van der Waals surface area contributed by atoms with E-state index in [1.54, 1.807) is 0 Å². The van der Waals surface area contributed by atoms with E-state index in [2.05, 4.69) is 0 Å². The molecule has 3 heteroatoms. The summed E-state index contributed by atoms with van der Waals surface area (Å²) in [6.45, 7) is 0. The molecule has 0 saturated heterocycles. The van der Waals surface area contributed by atoms with Gasteiger partial charge in [-0.3, -0.25) is 0 Å². The normalized spacial score (nSPS) is 19.9. The molecule has 0 amide bonds. The van der Waals surface area contributed by atoms with Gasteiger partial charge in [-0.2, -0.15) is 0 Å². The van der Waals surface area contributed by atoms with E-state index in [4.69, 9.17) is 23.1 Å². The Morgan fingerprint density at radius 1 is 1.44 bits per heavy atom. The highest BCUT2D eigenvalue weighted by molar-refractivity contribution is 6.31. The van der Waals surface area contributed by atoms with Crippen molar-refractivity contribution in [3.63, 3.8) is 0 Å². The molecular formula is C6H8ClN2. The summed E-state index contributed by atoms with van der Waals surface area (Å²) >= 11 is 5.64. The molecule has 9 heavy (non-hydrogen) atoms. The van der Waals surface area contributed by atoms with Crippen LogP contribution in [0.3, 0.4) is 0 Å². The summed E-state index contributed by atoms with van der Waals surface area (Å²) < 4.78 is 0. The molecule has 0 aromatic heterocycles. The second-order valence-electron chi connectivity index (χ2n) is 1.86. The fourth-order valence-electron chi connectivity index (χ4n) is 0.647. The maximum Gasteiger partial charge on any atom is 0.0695 e. The van der Waals surface area contributed by atoms with Crippen molar-refractivity contribution < 1.29 is 0 Å². The topological polar surface area (TPSA) is 52.0 Å². The molecule has 0 atom stereocenters. The van der Waals surface area contributed by atoms with Crippen LogP contribution in [0, 0.1) is 6.42 Å². The summed E-state index contributed by atoms with van der Waals surface area (Å²) in [7, 11) is 0. The molecule has 0 aromatic carbocycles. The molecule has 0 saturated carbocycles. The number of hydrogen-bond donors (Lipinski definition) is 2. The Hall–Kier alpha value is -0.630. The van der Waals surface area contributed by atoms with Crippen molar-refractivity contribution in [3.05, 3.63) is 28.9 Å². The molecule has 49 valence electrons. The van der Waals surface area contributed by atoms with Crippen LogP contribution in [0.25, 0.3) is 0 Å². The van der Waals surface area contributed by atoms with Gasteiger partial charge in [0.1, 0.15) is 0 Å². The van der Waals surface area contributed by atoms with Crippen LogP contribution < -0.4 is 11.5 Å². The zero-order valence-electron chi connectivity index (χ0n) is 4.89. The van der Waals surface area contributed by atoms with Crippen LogP contribution in [0.2, 0.25) is 0 Å². The van der Waals surface area contributed by atoms with E-state index in [1.165, 1.54) is 0 Å². The van der Waals surface area contributed by atoms with Gasteiger partial charge in [-0.1, -0.05) is 17.7 Å². The maximum absolute atomic E-state index is 5.64. The van der Waals surface area contributed by atoms with E-state index in [0.29, 0.717) is 16.4 Å². The van der Waals surface area contributed by atoms with Crippen molar-refractivity contribution in [2.45, 2.75) is 6.42 Å². The second kappa shape index (κ2) is 2.31. The van der Waals surface area contributed by atoms with E-state index < -0.39 is 0 Å². The second-order valence-corrected chi connectivity index (χ2v) is 2.27. The van der Waals surface area contributed by atoms with Crippen molar-refractivity contribution >= 4 is 11.6 Å². The largest absolute Gasteiger partial charge is 0.397 e. The lowest BCUT2D eigenvalue weighted by atomic mass is 10.1. The van der Waals surface area contributed by atoms with Crippen molar-refractivity contribution in [2.75, 3.05) is 0 Å². The van der Waals surface area contributed by atoms with E-state index in [1.807, 2.05) is 12.5 Å². The molecule has 4 N–H and O–H groups in total. The predicted octanol–water partition coefficient (Wildman–Crippen LogP) is 0.846. The van der Waals surface area contributed by atoms with Crippen molar-refractivity contribution in [3.8, 4) is 0 Å². The van der Waals surface area contributed by atoms with Gasteiger partial charge in [0.2, 0.25) is 0 Å². The minimum absolute atomic E-state index is 0.489. The van der Waals surface area contributed by atoms with Crippen molar-refractivity contribution in [1.29, 1.82) is 0 Å². The standard InChI is InChI=1S/C6H8ClN2/c7-4-2-1-3-5(8)6(4)9/h2-3H,1,8-9H2. The van der Waals surface area contributed by atoms with E-state index in [0.717, 1.165) is 6.42 Å². The zero-order chi connectivity index (χ0) is 6.85. The summed E-state index contributed by atoms with van der Waals surface area (Å²) in [5.74, 6) is 0. The molecule has 0 heterocycles. The van der Waals surface area contributed by atoms with Crippen LogP contribution in [0.5, 0.6) is 0 Å². The van der Waals surface area contributed by atoms with Crippen LogP contribution in [-0.4, -0.2) is 0 Å². The van der Waals surface area contributed by atoms with Gasteiger partial charge in [0, 0.05) is 11.5 Å². The van der Waals surface area contributed by atoms with Gasteiger partial charge in [0.15, 0.2) is 0 Å². The lowest BCUT2D eigenvalue weighted by Crippen LogP contribution is -2.13. The summed E-state index contributed by atoms with van der Waals surface area (Å²) in [4.78, 5) is 0. The number of halogens is 1. The first-order valence-electron chi connectivity index (χ1n) is 2.66. The lowest BCUT2D eigenvalue weighted by molar-refractivity contribution is 1.10. The summed E-state index contributed by atoms with van der Waals surface area (Å²) in [6, 6.07) is 0.